The van der Waals surface area contributed by atoms with Gasteiger partial charge in [0.25, 0.3) is 0 Å². The Morgan fingerprint density at radius 2 is 2.27 bits per heavy atom. The molecule has 1 aliphatic rings. The molecule has 0 N–H and O–H groups in total. The largest absolute Gasteiger partial charge is 0.379 e. The van der Waals surface area contributed by atoms with E-state index in [1.807, 2.05) is 0 Å². The van der Waals surface area contributed by atoms with Crippen molar-refractivity contribution in [2.45, 2.75) is 38.9 Å². The monoisotopic (exact) mass is 158 g/mol. The SMILES string of the molecule is COC(C)[C@@H]1C[C@H](C)CCO1. The molecule has 1 heterocycles. The highest BCUT2D eigenvalue weighted by molar-refractivity contribution is 4.73. The zero-order valence-electron chi connectivity index (χ0n) is 7.67. The first-order valence-electron chi connectivity index (χ1n) is 4.38. The molecule has 0 aromatic heterocycles. The Kier molecular flexibility index (Phi) is 3.34. The summed E-state index contributed by atoms with van der Waals surface area (Å²) in [5, 5.41) is 0. The second-order valence-corrected chi connectivity index (χ2v) is 3.48. The van der Waals surface area contributed by atoms with E-state index in [1.54, 1.807) is 7.11 Å². The Balaban J connectivity index is 2.33. The first-order valence-corrected chi connectivity index (χ1v) is 4.38. The summed E-state index contributed by atoms with van der Waals surface area (Å²) in [4.78, 5) is 0. The summed E-state index contributed by atoms with van der Waals surface area (Å²) >= 11 is 0. The van der Waals surface area contributed by atoms with Crippen LogP contribution in [0, 0.1) is 5.92 Å². The van der Waals surface area contributed by atoms with Gasteiger partial charge in [-0.3, -0.25) is 0 Å². The van der Waals surface area contributed by atoms with Crippen LogP contribution in [0.4, 0.5) is 0 Å². The molecule has 0 saturated carbocycles. The summed E-state index contributed by atoms with van der Waals surface area (Å²) in [6, 6.07) is 0. The molecule has 2 nitrogen and oxygen atoms in total. The van der Waals surface area contributed by atoms with Gasteiger partial charge in [-0.25, -0.2) is 0 Å². The van der Waals surface area contributed by atoms with Crippen molar-refractivity contribution in [2.75, 3.05) is 13.7 Å². The minimum absolute atomic E-state index is 0.248. The molecular formula is C9H18O2. The minimum atomic E-state index is 0.248. The van der Waals surface area contributed by atoms with Gasteiger partial charge in [0.1, 0.15) is 0 Å². The number of rotatable bonds is 2. The van der Waals surface area contributed by atoms with Crippen LogP contribution in [-0.2, 0) is 9.47 Å². The van der Waals surface area contributed by atoms with Gasteiger partial charge in [0.15, 0.2) is 0 Å². The maximum Gasteiger partial charge on any atom is 0.0836 e. The Labute approximate surface area is 68.9 Å². The highest BCUT2D eigenvalue weighted by Gasteiger charge is 2.24. The lowest BCUT2D eigenvalue weighted by atomic mass is 9.95. The van der Waals surface area contributed by atoms with Gasteiger partial charge in [-0.15, -0.1) is 0 Å². The average Bonchev–Trinajstić information content (AvgIpc) is 2.03. The maximum absolute atomic E-state index is 5.58. The lowest BCUT2D eigenvalue weighted by Gasteiger charge is -2.30. The Morgan fingerprint density at radius 1 is 1.55 bits per heavy atom. The molecule has 0 radical (unpaired) electrons. The quantitative estimate of drug-likeness (QED) is 0.610. The van der Waals surface area contributed by atoms with E-state index in [9.17, 15) is 0 Å². The molecule has 11 heavy (non-hydrogen) atoms. The van der Waals surface area contributed by atoms with Crippen LogP contribution in [0.3, 0.4) is 0 Å². The standard InChI is InChI=1S/C9H18O2/c1-7-4-5-11-9(6-7)8(2)10-3/h7-9H,4-6H2,1-3H3/t7-,8?,9+/m1/s1. The highest BCUT2D eigenvalue weighted by atomic mass is 16.5. The second kappa shape index (κ2) is 4.07. The van der Waals surface area contributed by atoms with Gasteiger partial charge in [0.05, 0.1) is 12.2 Å². The van der Waals surface area contributed by atoms with Gasteiger partial charge >= 0.3 is 0 Å². The second-order valence-electron chi connectivity index (χ2n) is 3.48. The zero-order chi connectivity index (χ0) is 8.27. The summed E-state index contributed by atoms with van der Waals surface area (Å²) in [5.41, 5.74) is 0. The lowest BCUT2D eigenvalue weighted by molar-refractivity contribution is -0.0823. The summed E-state index contributed by atoms with van der Waals surface area (Å²) in [6.45, 7) is 5.25. The molecule has 0 aromatic carbocycles. The van der Waals surface area contributed by atoms with Crippen molar-refractivity contribution in [2.24, 2.45) is 5.92 Å². The van der Waals surface area contributed by atoms with Gasteiger partial charge in [-0.2, -0.15) is 0 Å². The first-order chi connectivity index (χ1) is 5.24. The van der Waals surface area contributed by atoms with Crippen molar-refractivity contribution in [1.82, 2.24) is 0 Å². The smallest absolute Gasteiger partial charge is 0.0836 e. The van der Waals surface area contributed by atoms with Gasteiger partial charge in [0.2, 0.25) is 0 Å². The fourth-order valence-corrected chi connectivity index (χ4v) is 1.48. The van der Waals surface area contributed by atoms with E-state index in [1.165, 1.54) is 6.42 Å². The van der Waals surface area contributed by atoms with Crippen LogP contribution >= 0.6 is 0 Å². The van der Waals surface area contributed by atoms with Crippen molar-refractivity contribution < 1.29 is 9.47 Å². The fourth-order valence-electron chi connectivity index (χ4n) is 1.48. The number of hydrogen-bond donors (Lipinski definition) is 0. The van der Waals surface area contributed by atoms with E-state index in [4.69, 9.17) is 9.47 Å². The van der Waals surface area contributed by atoms with Crippen molar-refractivity contribution >= 4 is 0 Å². The van der Waals surface area contributed by atoms with Gasteiger partial charge in [-0.05, 0) is 25.7 Å². The molecule has 0 spiro atoms. The average molecular weight is 158 g/mol. The maximum atomic E-state index is 5.58. The van der Waals surface area contributed by atoms with E-state index in [0.717, 1.165) is 18.9 Å². The van der Waals surface area contributed by atoms with E-state index in [-0.39, 0.29) is 6.10 Å². The molecule has 1 fully saturated rings. The molecular weight excluding hydrogens is 140 g/mol. The van der Waals surface area contributed by atoms with Crippen LogP contribution in [0.2, 0.25) is 0 Å². The molecule has 0 aromatic rings. The Bertz CT molecular complexity index is 114. The summed E-state index contributed by atoms with van der Waals surface area (Å²) in [7, 11) is 1.74. The zero-order valence-corrected chi connectivity index (χ0v) is 7.67. The van der Waals surface area contributed by atoms with Gasteiger partial charge in [-0.1, -0.05) is 6.92 Å². The molecule has 0 amide bonds. The molecule has 1 rings (SSSR count). The Morgan fingerprint density at radius 3 is 2.82 bits per heavy atom. The van der Waals surface area contributed by atoms with Crippen molar-refractivity contribution in [3.05, 3.63) is 0 Å². The van der Waals surface area contributed by atoms with Crippen LogP contribution in [0.1, 0.15) is 26.7 Å². The lowest BCUT2D eigenvalue weighted by Crippen LogP contribution is -2.34. The van der Waals surface area contributed by atoms with Crippen LogP contribution < -0.4 is 0 Å². The third-order valence-electron chi connectivity index (χ3n) is 2.47. The molecule has 0 bridgehead atoms. The number of methoxy groups -OCH3 is 1. The third-order valence-corrected chi connectivity index (χ3v) is 2.47. The first kappa shape index (κ1) is 9.01. The van der Waals surface area contributed by atoms with Crippen LogP contribution in [-0.4, -0.2) is 25.9 Å². The molecule has 1 unspecified atom stereocenters. The summed E-state index contributed by atoms with van der Waals surface area (Å²) < 4.78 is 10.8. The molecule has 2 heteroatoms. The molecule has 3 atom stereocenters. The van der Waals surface area contributed by atoms with Crippen molar-refractivity contribution in [3.63, 3.8) is 0 Å². The predicted octanol–water partition coefficient (Wildman–Crippen LogP) is 1.84. The summed E-state index contributed by atoms with van der Waals surface area (Å²) in [6.07, 6.45) is 2.92. The van der Waals surface area contributed by atoms with Crippen LogP contribution in [0.15, 0.2) is 0 Å². The third kappa shape index (κ3) is 2.46. The van der Waals surface area contributed by atoms with Gasteiger partial charge in [0, 0.05) is 13.7 Å². The van der Waals surface area contributed by atoms with Gasteiger partial charge < -0.3 is 9.47 Å². The normalized spacial score (nSPS) is 35.2. The van der Waals surface area contributed by atoms with Crippen LogP contribution in [0.5, 0.6) is 0 Å². The Hall–Kier alpha value is -0.0800. The van der Waals surface area contributed by atoms with E-state index < -0.39 is 0 Å². The molecule has 0 aliphatic carbocycles. The van der Waals surface area contributed by atoms with Crippen LogP contribution in [0.25, 0.3) is 0 Å². The minimum Gasteiger partial charge on any atom is -0.379 e. The number of ether oxygens (including phenoxy) is 2. The van der Waals surface area contributed by atoms with Crippen molar-refractivity contribution in [3.8, 4) is 0 Å². The topological polar surface area (TPSA) is 18.5 Å². The number of hydrogen-bond acceptors (Lipinski definition) is 2. The molecule has 66 valence electrons. The summed E-state index contributed by atoms with van der Waals surface area (Å²) in [5.74, 6) is 0.798. The predicted molar refractivity (Wildman–Crippen MR) is 44.6 cm³/mol. The van der Waals surface area contributed by atoms with Crippen molar-refractivity contribution in [1.29, 1.82) is 0 Å². The van der Waals surface area contributed by atoms with E-state index >= 15 is 0 Å². The van der Waals surface area contributed by atoms with E-state index in [2.05, 4.69) is 13.8 Å². The molecule has 1 aliphatic heterocycles. The highest BCUT2D eigenvalue weighted by Crippen LogP contribution is 2.22. The molecule has 1 saturated heterocycles. The fraction of sp³-hybridized carbons (Fsp3) is 1.00. The van der Waals surface area contributed by atoms with E-state index in [0.29, 0.717) is 6.10 Å².